The van der Waals surface area contributed by atoms with E-state index < -0.39 is 6.10 Å². The van der Waals surface area contributed by atoms with Crippen LogP contribution in [0.25, 0.3) is 0 Å². The van der Waals surface area contributed by atoms with E-state index in [-0.39, 0.29) is 6.61 Å². The van der Waals surface area contributed by atoms with E-state index in [1.165, 1.54) is 5.56 Å². The summed E-state index contributed by atoms with van der Waals surface area (Å²) in [6, 6.07) is 6.10. The molecule has 1 rings (SSSR count). The molecule has 0 spiro atoms. The van der Waals surface area contributed by atoms with Crippen LogP contribution in [-0.4, -0.2) is 30.0 Å². The van der Waals surface area contributed by atoms with Gasteiger partial charge in [0, 0.05) is 0 Å². The fourth-order valence-corrected chi connectivity index (χ4v) is 1.66. The molecule has 2 N–H and O–H groups in total. The van der Waals surface area contributed by atoms with E-state index in [2.05, 4.69) is 13.0 Å². The van der Waals surface area contributed by atoms with Crippen molar-refractivity contribution in [2.45, 2.75) is 32.3 Å². The fraction of sp³-hybridized carbons (Fsp3) is 0.538. The van der Waals surface area contributed by atoms with Crippen LogP contribution in [-0.2, 0) is 12.8 Å². The third kappa shape index (κ3) is 3.51. The molecule has 0 aliphatic carbocycles. The maximum Gasteiger partial charge on any atom is 0.122 e. The Kier molecular flexibility index (Phi) is 5.29. The highest BCUT2D eigenvalue weighted by Crippen LogP contribution is 2.22. The number of hydrogen-bond acceptors (Lipinski definition) is 3. The number of aliphatic hydroxyl groups excluding tert-OH is 2. The van der Waals surface area contributed by atoms with Gasteiger partial charge in [-0.3, -0.25) is 0 Å². The third-order valence-corrected chi connectivity index (χ3v) is 2.71. The van der Waals surface area contributed by atoms with Gasteiger partial charge in [-0.25, -0.2) is 0 Å². The van der Waals surface area contributed by atoms with Crippen molar-refractivity contribution in [3.8, 4) is 5.75 Å². The average Bonchev–Trinajstić information content (AvgIpc) is 2.35. The highest BCUT2D eigenvalue weighted by molar-refractivity contribution is 5.37. The van der Waals surface area contributed by atoms with Gasteiger partial charge in [0.2, 0.25) is 0 Å². The zero-order chi connectivity index (χ0) is 12.0. The van der Waals surface area contributed by atoms with Gasteiger partial charge in [-0.2, -0.15) is 0 Å². The summed E-state index contributed by atoms with van der Waals surface area (Å²) < 4.78 is 5.27. The van der Waals surface area contributed by atoms with Crippen molar-refractivity contribution >= 4 is 0 Å². The fourth-order valence-electron chi connectivity index (χ4n) is 1.66. The summed E-state index contributed by atoms with van der Waals surface area (Å²) in [5, 5.41) is 18.1. The quantitative estimate of drug-likeness (QED) is 0.770. The Balaban J connectivity index is 2.75. The summed E-state index contributed by atoms with van der Waals surface area (Å²) in [5.74, 6) is 0.849. The van der Waals surface area contributed by atoms with Crippen molar-refractivity contribution < 1.29 is 14.9 Å². The molecule has 0 saturated heterocycles. The number of aliphatic hydroxyl groups is 2. The number of methoxy groups -OCH3 is 1. The van der Waals surface area contributed by atoms with Crippen molar-refractivity contribution in [2.24, 2.45) is 0 Å². The Hall–Kier alpha value is -1.06. The summed E-state index contributed by atoms with van der Waals surface area (Å²) in [5.41, 5.74) is 2.35. The molecule has 1 unspecified atom stereocenters. The monoisotopic (exact) mass is 224 g/mol. The molecule has 90 valence electrons. The molecule has 1 aromatic carbocycles. The Bertz CT molecular complexity index is 323. The lowest BCUT2D eigenvalue weighted by Gasteiger charge is -2.12. The highest BCUT2D eigenvalue weighted by atomic mass is 16.5. The van der Waals surface area contributed by atoms with Crippen LogP contribution in [0.4, 0.5) is 0 Å². The summed E-state index contributed by atoms with van der Waals surface area (Å²) in [6.45, 7) is 1.92. The van der Waals surface area contributed by atoms with Crippen LogP contribution in [0.2, 0.25) is 0 Å². The lowest BCUT2D eigenvalue weighted by atomic mass is 10.0. The van der Waals surface area contributed by atoms with Crippen LogP contribution in [0.5, 0.6) is 5.75 Å². The molecule has 0 aliphatic heterocycles. The third-order valence-electron chi connectivity index (χ3n) is 2.71. The first-order valence-electron chi connectivity index (χ1n) is 5.66. The summed E-state index contributed by atoms with van der Waals surface area (Å²) in [4.78, 5) is 0. The van der Waals surface area contributed by atoms with Crippen molar-refractivity contribution in [1.29, 1.82) is 0 Å². The second-order valence-corrected chi connectivity index (χ2v) is 3.87. The molecule has 0 saturated carbocycles. The van der Waals surface area contributed by atoms with Gasteiger partial charge in [-0.05, 0) is 36.5 Å². The topological polar surface area (TPSA) is 49.7 Å². The van der Waals surface area contributed by atoms with Crippen LogP contribution in [0, 0.1) is 0 Å². The summed E-state index contributed by atoms with van der Waals surface area (Å²) in [6.07, 6.45) is 1.62. The first kappa shape index (κ1) is 13.0. The van der Waals surface area contributed by atoms with E-state index in [1.807, 2.05) is 12.1 Å². The van der Waals surface area contributed by atoms with E-state index in [0.717, 1.165) is 24.2 Å². The molecular formula is C13H20O3. The number of hydrogen-bond donors (Lipinski definition) is 2. The van der Waals surface area contributed by atoms with Crippen molar-refractivity contribution in [2.75, 3.05) is 13.7 Å². The molecule has 1 atom stereocenters. The largest absolute Gasteiger partial charge is 0.496 e. The van der Waals surface area contributed by atoms with Crippen LogP contribution in [0.15, 0.2) is 18.2 Å². The summed E-state index contributed by atoms with van der Waals surface area (Å²) >= 11 is 0. The van der Waals surface area contributed by atoms with Crippen LogP contribution in [0.3, 0.4) is 0 Å². The maximum absolute atomic E-state index is 9.32. The average molecular weight is 224 g/mol. The van der Waals surface area contributed by atoms with Crippen LogP contribution < -0.4 is 4.74 Å². The van der Waals surface area contributed by atoms with Gasteiger partial charge in [0.15, 0.2) is 0 Å². The van der Waals surface area contributed by atoms with Gasteiger partial charge < -0.3 is 14.9 Å². The predicted molar refractivity (Wildman–Crippen MR) is 63.8 cm³/mol. The van der Waals surface area contributed by atoms with Crippen molar-refractivity contribution in [3.05, 3.63) is 29.3 Å². The van der Waals surface area contributed by atoms with Gasteiger partial charge in [0.05, 0.1) is 19.8 Å². The first-order chi connectivity index (χ1) is 7.71. The predicted octanol–water partition coefficient (Wildman–Crippen LogP) is 1.54. The Labute approximate surface area is 96.7 Å². The zero-order valence-electron chi connectivity index (χ0n) is 9.94. The minimum Gasteiger partial charge on any atom is -0.496 e. The standard InChI is InChI=1S/C13H20O3/c1-3-10-4-7-13(16-2)11(8-10)5-6-12(15)9-14/h4,7-8,12,14-15H,3,5-6,9H2,1-2H3. The number of ether oxygens (including phenoxy) is 1. The van der Waals surface area contributed by atoms with Crippen LogP contribution in [0.1, 0.15) is 24.5 Å². The molecule has 1 aromatic rings. The van der Waals surface area contributed by atoms with E-state index in [4.69, 9.17) is 9.84 Å². The minimum absolute atomic E-state index is 0.185. The highest BCUT2D eigenvalue weighted by Gasteiger charge is 2.07. The van der Waals surface area contributed by atoms with Crippen LogP contribution >= 0.6 is 0 Å². The van der Waals surface area contributed by atoms with Crippen molar-refractivity contribution in [3.63, 3.8) is 0 Å². The number of benzene rings is 1. The smallest absolute Gasteiger partial charge is 0.122 e. The van der Waals surface area contributed by atoms with Gasteiger partial charge in [0.1, 0.15) is 5.75 Å². The molecule has 0 aliphatic rings. The zero-order valence-corrected chi connectivity index (χ0v) is 9.94. The Morgan fingerprint density at radius 1 is 1.38 bits per heavy atom. The molecule has 0 heterocycles. The number of rotatable bonds is 6. The molecule has 16 heavy (non-hydrogen) atoms. The second-order valence-electron chi connectivity index (χ2n) is 3.87. The molecule has 0 fully saturated rings. The lowest BCUT2D eigenvalue weighted by molar-refractivity contribution is 0.0884. The summed E-state index contributed by atoms with van der Waals surface area (Å²) in [7, 11) is 1.65. The Morgan fingerprint density at radius 3 is 2.69 bits per heavy atom. The molecule has 0 bridgehead atoms. The van der Waals surface area contributed by atoms with Gasteiger partial charge >= 0.3 is 0 Å². The lowest BCUT2D eigenvalue weighted by Crippen LogP contribution is -2.13. The molecule has 0 radical (unpaired) electrons. The van der Waals surface area contributed by atoms with E-state index in [1.54, 1.807) is 7.11 Å². The molecule has 0 amide bonds. The van der Waals surface area contributed by atoms with Gasteiger partial charge in [0.25, 0.3) is 0 Å². The van der Waals surface area contributed by atoms with Gasteiger partial charge in [-0.15, -0.1) is 0 Å². The molecular weight excluding hydrogens is 204 g/mol. The normalized spacial score (nSPS) is 12.5. The van der Waals surface area contributed by atoms with Gasteiger partial charge in [-0.1, -0.05) is 19.1 Å². The number of aryl methyl sites for hydroxylation is 2. The van der Waals surface area contributed by atoms with E-state index in [0.29, 0.717) is 6.42 Å². The first-order valence-corrected chi connectivity index (χ1v) is 5.66. The Morgan fingerprint density at radius 2 is 2.12 bits per heavy atom. The van der Waals surface area contributed by atoms with Crippen molar-refractivity contribution in [1.82, 2.24) is 0 Å². The molecule has 0 aromatic heterocycles. The maximum atomic E-state index is 9.32. The van der Waals surface area contributed by atoms with E-state index in [9.17, 15) is 5.11 Å². The second kappa shape index (κ2) is 6.51. The SMILES string of the molecule is CCc1ccc(OC)c(CCC(O)CO)c1. The molecule has 3 nitrogen and oxygen atoms in total. The minimum atomic E-state index is -0.644. The van der Waals surface area contributed by atoms with E-state index >= 15 is 0 Å². The molecule has 3 heteroatoms.